The maximum Gasteiger partial charge on any atom is 0.0571 e. The van der Waals surface area contributed by atoms with Crippen molar-refractivity contribution in [3.8, 4) is 0 Å². The minimum absolute atomic E-state index is 0.0629. The highest BCUT2D eigenvalue weighted by Crippen LogP contribution is 2.21. The van der Waals surface area contributed by atoms with Crippen molar-refractivity contribution in [3.05, 3.63) is 0 Å². The summed E-state index contributed by atoms with van der Waals surface area (Å²) in [6.45, 7) is 6.51. The van der Waals surface area contributed by atoms with E-state index in [0.717, 1.165) is 32.4 Å². The van der Waals surface area contributed by atoms with Crippen LogP contribution in [0.4, 0.5) is 0 Å². The van der Waals surface area contributed by atoms with Crippen LogP contribution in [0.1, 0.15) is 33.1 Å². The van der Waals surface area contributed by atoms with Gasteiger partial charge in [-0.05, 0) is 44.2 Å². The first kappa shape index (κ1) is 10.0. The number of aliphatic hydroxyl groups excluding tert-OH is 1. The lowest BCUT2D eigenvalue weighted by molar-refractivity contribution is 0.0701. The number of aliphatic hydroxyl groups is 1. The van der Waals surface area contributed by atoms with Gasteiger partial charge in [0.2, 0.25) is 0 Å². The number of rotatable bonds is 3. The Kier molecular flexibility index (Phi) is 4.02. The molecule has 0 aromatic rings. The molecule has 1 fully saturated rings. The van der Waals surface area contributed by atoms with Crippen molar-refractivity contribution in [2.24, 2.45) is 11.8 Å². The molecule has 0 spiro atoms. The Morgan fingerprint density at radius 1 is 1.33 bits per heavy atom. The zero-order valence-electron chi connectivity index (χ0n) is 8.21. The molecule has 0 saturated carbocycles. The molecule has 1 heterocycles. The van der Waals surface area contributed by atoms with E-state index in [1.807, 2.05) is 0 Å². The van der Waals surface area contributed by atoms with Crippen molar-refractivity contribution in [3.63, 3.8) is 0 Å². The average molecular weight is 171 g/mol. The van der Waals surface area contributed by atoms with Crippen LogP contribution >= 0.6 is 0 Å². The summed E-state index contributed by atoms with van der Waals surface area (Å²) in [6, 6.07) is 0. The van der Waals surface area contributed by atoms with Crippen molar-refractivity contribution in [2.45, 2.75) is 39.2 Å². The van der Waals surface area contributed by atoms with Crippen molar-refractivity contribution in [2.75, 3.05) is 13.1 Å². The van der Waals surface area contributed by atoms with E-state index in [1.165, 1.54) is 0 Å². The lowest BCUT2D eigenvalue weighted by atomic mass is 9.88. The highest BCUT2D eigenvalue weighted by molar-refractivity contribution is 4.75. The molecule has 0 aromatic heterocycles. The molecule has 0 bridgehead atoms. The summed E-state index contributed by atoms with van der Waals surface area (Å²) in [4.78, 5) is 0. The molecule has 0 radical (unpaired) electrons. The molecule has 72 valence electrons. The standard InChI is InChI=1S/C10H21NO/c1-8(2)7-10(12)9-3-5-11-6-4-9/h8-12H,3-7H2,1-2H3/t10-/m0/s1. The van der Waals surface area contributed by atoms with E-state index >= 15 is 0 Å². The first-order valence-corrected chi connectivity index (χ1v) is 5.09. The summed E-state index contributed by atoms with van der Waals surface area (Å²) in [6.07, 6.45) is 3.19. The lowest BCUT2D eigenvalue weighted by Crippen LogP contribution is -2.34. The largest absolute Gasteiger partial charge is 0.393 e. The normalized spacial score (nSPS) is 23.0. The molecule has 1 aliphatic rings. The van der Waals surface area contributed by atoms with Crippen LogP contribution in [0.25, 0.3) is 0 Å². The van der Waals surface area contributed by atoms with Crippen molar-refractivity contribution < 1.29 is 5.11 Å². The molecule has 2 heteroatoms. The van der Waals surface area contributed by atoms with Crippen LogP contribution in [-0.4, -0.2) is 24.3 Å². The zero-order valence-corrected chi connectivity index (χ0v) is 8.21. The third-order valence-electron chi connectivity index (χ3n) is 2.64. The van der Waals surface area contributed by atoms with Gasteiger partial charge in [-0.1, -0.05) is 13.8 Å². The first-order valence-electron chi connectivity index (χ1n) is 5.09. The van der Waals surface area contributed by atoms with Crippen molar-refractivity contribution >= 4 is 0 Å². The van der Waals surface area contributed by atoms with E-state index in [4.69, 9.17) is 0 Å². The van der Waals surface area contributed by atoms with Gasteiger partial charge in [0, 0.05) is 0 Å². The maximum atomic E-state index is 9.82. The van der Waals surface area contributed by atoms with Gasteiger partial charge in [0.05, 0.1) is 6.10 Å². The molecule has 0 unspecified atom stereocenters. The smallest absolute Gasteiger partial charge is 0.0571 e. The summed E-state index contributed by atoms with van der Waals surface area (Å²) in [7, 11) is 0. The van der Waals surface area contributed by atoms with E-state index in [9.17, 15) is 5.11 Å². The molecule has 2 N–H and O–H groups in total. The Morgan fingerprint density at radius 3 is 2.42 bits per heavy atom. The Morgan fingerprint density at radius 2 is 1.92 bits per heavy atom. The van der Waals surface area contributed by atoms with Crippen LogP contribution in [-0.2, 0) is 0 Å². The van der Waals surface area contributed by atoms with Crippen LogP contribution in [0.2, 0.25) is 0 Å². The van der Waals surface area contributed by atoms with Crippen molar-refractivity contribution in [1.29, 1.82) is 0 Å². The van der Waals surface area contributed by atoms with E-state index in [0.29, 0.717) is 11.8 Å². The highest BCUT2D eigenvalue weighted by atomic mass is 16.3. The molecule has 12 heavy (non-hydrogen) atoms. The summed E-state index contributed by atoms with van der Waals surface area (Å²) >= 11 is 0. The minimum Gasteiger partial charge on any atom is -0.393 e. The Bertz CT molecular complexity index is 119. The number of piperidine rings is 1. The number of hydrogen-bond donors (Lipinski definition) is 2. The second kappa shape index (κ2) is 4.83. The molecule has 1 aliphatic heterocycles. The second-order valence-corrected chi connectivity index (χ2v) is 4.28. The van der Waals surface area contributed by atoms with Gasteiger partial charge in [0.25, 0.3) is 0 Å². The molecule has 0 aromatic carbocycles. The van der Waals surface area contributed by atoms with Gasteiger partial charge in [-0.25, -0.2) is 0 Å². The van der Waals surface area contributed by atoms with Crippen LogP contribution < -0.4 is 5.32 Å². The SMILES string of the molecule is CC(C)C[C@H](O)C1CCNCC1. The van der Waals surface area contributed by atoms with E-state index < -0.39 is 0 Å². The third-order valence-corrected chi connectivity index (χ3v) is 2.64. The lowest BCUT2D eigenvalue weighted by Gasteiger charge is -2.28. The highest BCUT2D eigenvalue weighted by Gasteiger charge is 2.21. The molecular weight excluding hydrogens is 150 g/mol. The fourth-order valence-corrected chi connectivity index (χ4v) is 1.90. The molecular formula is C10H21NO. The van der Waals surface area contributed by atoms with Gasteiger partial charge < -0.3 is 10.4 Å². The Hall–Kier alpha value is -0.0800. The first-order chi connectivity index (χ1) is 5.70. The predicted octanol–water partition coefficient (Wildman–Crippen LogP) is 1.39. The predicted molar refractivity (Wildman–Crippen MR) is 51.1 cm³/mol. The van der Waals surface area contributed by atoms with Gasteiger partial charge in [-0.3, -0.25) is 0 Å². The van der Waals surface area contributed by atoms with E-state index in [2.05, 4.69) is 19.2 Å². The van der Waals surface area contributed by atoms with E-state index in [1.54, 1.807) is 0 Å². The minimum atomic E-state index is -0.0629. The summed E-state index contributed by atoms with van der Waals surface area (Å²) in [5.41, 5.74) is 0. The fourth-order valence-electron chi connectivity index (χ4n) is 1.90. The molecule has 1 saturated heterocycles. The topological polar surface area (TPSA) is 32.3 Å². The quantitative estimate of drug-likeness (QED) is 0.672. The summed E-state index contributed by atoms with van der Waals surface area (Å²) < 4.78 is 0. The van der Waals surface area contributed by atoms with Gasteiger partial charge in [-0.2, -0.15) is 0 Å². The van der Waals surface area contributed by atoms with Crippen LogP contribution in [0.5, 0.6) is 0 Å². The van der Waals surface area contributed by atoms with Crippen LogP contribution in [0, 0.1) is 11.8 Å². The van der Waals surface area contributed by atoms with Gasteiger partial charge in [0.15, 0.2) is 0 Å². The molecule has 2 nitrogen and oxygen atoms in total. The van der Waals surface area contributed by atoms with Crippen molar-refractivity contribution in [1.82, 2.24) is 5.32 Å². The molecule has 1 atom stereocenters. The maximum absolute atomic E-state index is 9.82. The summed E-state index contributed by atoms with van der Waals surface area (Å²) in [5.74, 6) is 1.17. The molecule has 0 aliphatic carbocycles. The fraction of sp³-hybridized carbons (Fsp3) is 1.00. The van der Waals surface area contributed by atoms with Gasteiger partial charge >= 0.3 is 0 Å². The van der Waals surface area contributed by atoms with E-state index in [-0.39, 0.29) is 6.10 Å². The van der Waals surface area contributed by atoms with Gasteiger partial charge in [-0.15, -0.1) is 0 Å². The van der Waals surface area contributed by atoms with Crippen LogP contribution in [0.3, 0.4) is 0 Å². The number of nitrogens with one attached hydrogen (secondary N) is 1. The average Bonchev–Trinajstić information content (AvgIpc) is 2.05. The number of hydrogen-bond acceptors (Lipinski definition) is 2. The molecule has 0 amide bonds. The zero-order chi connectivity index (χ0) is 8.97. The Labute approximate surface area is 75.4 Å². The Balaban J connectivity index is 2.24. The van der Waals surface area contributed by atoms with Crippen LogP contribution in [0.15, 0.2) is 0 Å². The third kappa shape index (κ3) is 3.11. The monoisotopic (exact) mass is 171 g/mol. The second-order valence-electron chi connectivity index (χ2n) is 4.28. The summed E-state index contributed by atoms with van der Waals surface area (Å²) in [5, 5.41) is 13.1. The van der Waals surface area contributed by atoms with Gasteiger partial charge in [0.1, 0.15) is 0 Å². The molecule has 1 rings (SSSR count).